The number of nitrogens with zero attached hydrogens (tertiary/aromatic N) is 3. The third kappa shape index (κ3) is 1.78. The molecule has 0 saturated heterocycles. The van der Waals surface area contributed by atoms with Gasteiger partial charge >= 0.3 is 0 Å². The molecule has 2 heterocycles. The second kappa shape index (κ2) is 3.86. The molecule has 0 aliphatic carbocycles. The van der Waals surface area contributed by atoms with Crippen LogP contribution in [0.5, 0.6) is 0 Å². The zero-order valence-electron chi connectivity index (χ0n) is 9.26. The Bertz CT molecular complexity index is 671. The number of hydrogen-bond acceptors (Lipinski definition) is 2. The molecule has 84 valence electrons. The molecule has 0 unspecified atom stereocenters. The van der Waals surface area contributed by atoms with E-state index in [1.165, 1.54) is 5.56 Å². The maximum Gasteiger partial charge on any atom is 0.224 e. The van der Waals surface area contributed by atoms with Crippen LogP contribution in [0.2, 0.25) is 5.28 Å². The molecule has 1 aromatic carbocycles. The lowest BCUT2D eigenvalue weighted by Gasteiger charge is -2.04. The fourth-order valence-corrected chi connectivity index (χ4v) is 1.94. The van der Waals surface area contributed by atoms with E-state index >= 15 is 0 Å². The first kappa shape index (κ1) is 10.3. The normalized spacial score (nSPS) is 10.9. The molecule has 0 atom stereocenters. The SMILES string of the molecule is Cc1ccc(-n2ccc3cnc(Cl)nc32)cc1. The summed E-state index contributed by atoms with van der Waals surface area (Å²) in [6.45, 7) is 2.07. The van der Waals surface area contributed by atoms with E-state index in [-0.39, 0.29) is 5.28 Å². The van der Waals surface area contributed by atoms with Crippen molar-refractivity contribution in [1.29, 1.82) is 0 Å². The maximum atomic E-state index is 5.82. The number of fused-ring (bicyclic) bond motifs is 1. The lowest BCUT2D eigenvalue weighted by Crippen LogP contribution is -1.94. The molecule has 0 spiro atoms. The minimum Gasteiger partial charge on any atom is -0.301 e. The van der Waals surface area contributed by atoms with Gasteiger partial charge in [0.15, 0.2) is 0 Å². The summed E-state index contributed by atoms with van der Waals surface area (Å²) in [5.41, 5.74) is 3.13. The first-order valence-corrected chi connectivity index (χ1v) is 5.68. The van der Waals surface area contributed by atoms with Crippen LogP contribution >= 0.6 is 11.6 Å². The molecular formula is C13H10ClN3. The molecule has 0 aliphatic rings. The van der Waals surface area contributed by atoms with E-state index in [1.807, 2.05) is 16.8 Å². The Balaban J connectivity index is 2.23. The Morgan fingerprint density at radius 3 is 2.65 bits per heavy atom. The van der Waals surface area contributed by atoms with Gasteiger partial charge in [0.25, 0.3) is 0 Å². The molecule has 3 rings (SSSR count). The van der Waals surface area contributed by atoms with E-state index in [0.29, 0.717) is 0 Å². The molecule has 0 radical (unpaired) electrons. The molecule has 0 bridgehead atoms. The van der Waals surface area contributed by atoms with Crippen molar-refractivity contribution in [2.45, 2.75) is 6.92 Å². The first-order chi connectivity index (χ1) is 8.24. The molecule has 0 fully saturated rings. The zero-order valence-corrected chi connectivity index (χ0v) is 10.0. The minimum absolute atomic E-state index is 0.268. The molecule has 3 nitrogen and oxygen atoms in total. The van der Waals surface area contributed by atoms with Crippen LogP contribution in [0.1, 0.15) is 5.56 Å². The molecule has 0 saturated carbocycles. The third-order valence-electron chi connectivity index (χ3n) is 2.71. The molecule has 3 aromatic rings. The van der Waals surface area contributed by atoms with E-state index in [9.17, 15) is 0 Å². The Morgan fingerprint density at radius 2 is 1.88 bits per heavy atom. The number of halogens is 1. The lowest BCUT2D eigenvalue weighted by atomic mass is 10.2. The van der Waals surface area contributed by atoms with E-state index in [1.54, 1.807) is 6.20 Å². The Morgan fingerprint density at radius 1 is 1.12 bits per heavy atom. The van der Waals surface area contributed by atoms with Crippen molar-refractivity contribution in [2.75, 3.05) is 0 Å². The number of rotatable bonds is 1. The highest BCUT2D eigenvalue weighted by atomic mass is 35.5. The Kier molecular flexibility index (Phi) is 2.34. The summed E-state index contributed by atoms with van der Waals surface area (Å²) < 4.78 is 2.00. The second-order valence-corrected chi connectivity index (χ2v) is 4.28. The van der Waals surface area contributed by atoms with Gasteiger partial charge in [-0.1, -0.05) is 17.7 Å². The topological polar surface area (TPSA) is 30.7 Å². The molecular weight excluding hydrogens is 234 g/mol. The van der Waals surface area contributed by atoms with Gasteiger partial charge in [-0.2, -0.15) is 4.98 Å². The standard InChI is InChI=1S/C13H10ClN3/c1-9-2-4-11(5-3-9)17-7-6-10-8-15-13(14)16-12(10)17/h2-8H,1H3. The third-order valence-corrected chi connectivity index (χ3v) is 2.89. The maximum absolute atomic E-state index is 5.82. The van der Waals surface area contributed by atoms with Crippen LogP contribution in [0.3, 0.4) is 0 Å². The largest absolute Gasteiger partial charge is 0.301 e. The van der Waals surface area contributed by atoms with Gasteiger partial charge < -0.3 is 4.57 Å². The van der Waals surface area contributed by atoms with E-state index < -0.39 is 0 Å². The van der Waals surface area contributed by atoms with Crippen LogP contribution in [-0.4, -0.2) is 14.5 Å². The van der Waals surface area contributed by atoms with Crippen LogP contribution < -0.4 is 0 Å². The van der Waals surface area contributed by atoms with Crippen molar-refractivity contribution in [3.63, 3.8) is 0 Å². The number of aromatic nitrogens is 3. The molecule has 0 aliphatic heterocycles. The number of benzene rings is 1. The van der Waals surface area contributed by atoms with Crippen molar-refractivity contribution in [2.24, 2.45) is 0 Å². The lowest BCUT2D eigenvalue weighted by molar-refractivity contribution is 1.07. The Labute approximate surface area is 104 Å². The van der Waals surface area contributed by atoms with Crippen molar-refractivity contribution in [1.82, 2.24) is 14.5 Å². The predicted octanol–water partition coefficient (Wildman–Crippen LogP) is 3.38. The van der Waals surface area contributed by atoms with Gasteiger partial charge in [0.2, 0.25) is 5.28 Å². The highest BCUT2D eigenvalue weighted by molar-refractivity contribution is 6.28. The van der Waals surface area contributed by atoms with Crippen molar-refractivity contribution in [3.05, 3.63) is 53.6 Å². The number of aryl methyl sites for hydroxylation is 1. The highest BCUT2D eigenvalue weighted by Crippen LogP contribution is 2.19. The molecule has 2 aromatic heterocycles. The van der Waals surface area contributed by atoms with Crippen molar-refractivity contribution < 1.29 is 0 Å². The van der Waals surface area contributed by atoms with E-state index in [4.69, 9.17) is 11.6 Å². The molecule has 17 heavy (non-hydrogen) atoms. The summed E-state index contributed by atoms with van der Waals surface area (Å²) in [6, 6.07) is 10.2. The van der Waals surface area contributed by atoms with Gasteiger partial charge in [0, 0.05) is 23.5 Å². The number of hydrogen-bond donors (Lipinski definition) is 0. The summed E-state index contributed by atoms with van der Waals surface area (Å²) in [4.78, 5) is 8.22. The van der Waals surface area contributed by atoms with Gasteiger partial charge in [-0.15, -0.1) is 0 Å². The molecule has 4 heteroatoms. The molecule has 0 N–H and O–H groups in total. The fraction of sp³-hybridized carbons (Fsp3) is 0.0769. The van der Waals surface area contributed by atoms with Gasteiger partial charge in [-0.05, 0) is 36.7 Å². The van der Waals surface area contributed by atoms with Crippen molar-refractivity contribution in [3.8, 4) is 5.69 Å². The predicted molar refractivity (Wildman–Crippen MR) is 68.6 cm³/mol. The van der Waals surface area contributed by atoms with Crippen LogP contribution in [0.15, 0.2) is 42.7 Å². The second-order valence-electron chi connectivity index (χ2n) is 3.94. The van der Waals surface area contributed by atoms with E-state index in [2.05, 4.69) is 41.2 Å². The van der Waals surface area contributed by atoms with Crippen LogP contribution in [0.4, 0.5) is 0 Å². The average Bonchev–Trinajstić information content (AvgIpc) is 2.73. The van der Waals surface area contributed by atoms with Crippen molar-refractivity contribution >= 4 is 22.6 Å². The highest BCUT2D eigenvalue weighted by Gasteiger charge is 2.05. The van der Waals surface area contributed by atoms with Gasteiger partial charge in [-0.25, -0.2) is 4.98 Å². The quantitative estimate of drug-likeness (QED) is 0.614. The van der Waals surface area contributed by atoms with Gasteiger partial charge in [0.05, 0.1) is 0 Å². The van der Waals surface area contributed by atoms with Crippen LogP contribution in [0.25, 0.3) is 16.7 Å². The molecule has 0 amide bonds. The monoisotopic (exact) mass is 243 g/mol. The van der Waals surface area contributed by atoms with Gasteiger partial charge in [-0.3, -0.25) is 0 Å². The average molecular weight is 244 g/mol. The summed E-state index contributed by atoms with van der Waals surface area (Å²) in [6.07, 6.45) is 3.70. The summed E-state index contributed by atoms with van der Waals surface area (Å²) in [7, 11) is 0. The minimum atomic E-state index is 0.268. The Hall–Kier alpha value is -1.87. The fourth-order valence-electron chi connectivity index (χ4n) is 1.81. The van der Waals surface area contributed by atoms with E-state index in [0.717, 1.165) is 16.7 Å². The van der Waals surface area contributed by atoms with Gasteiger partial charge in [0.1, 0.15) is 5.65 Å². The smallest absolute Gasteiger partial charge is 0.224 e. The first-order valence-electron chi connectivity index (χ1n) is 5.31. The summed E-state index contributed by atoms with van der Waals surface area (Å²) in [5.74, 6) is 0. The van der Waals surface area contributed by atoms with Crippen LogP contribution in [0, 0.1) is 6.92 Å². The summed E-state index contributed by atoms with van der Waals surface area (Å²) in [5, 5.41) is 1.25. The van der Waals surface area contributed by atoms with Crippen LogP contribution in [-0.2, 0) is 0 Å². The summed E-state index contributed by atoms with van der Waals surface area (Å²) >= 11 is 5.82. The zero-order chi connectivity index (χ0) is 11.8.